The number of benzene rings is 1. The Kier molecular flexibility index (Phi) is 5.50. The number of rotatable bonds is 3. The van der Waals surface area contributed by atoms with Crippen LogP contribution < -0.4 is 4.72 Å². The summed E-state index contributed by atoms with van der Waals surface area (Å²) >= 11 is 0. The van der Waals surface area contributed by atoms with E-state index in [0.29, 0.717) is 6.04 Å². The van der Waals surface area contributed by atoms with Crippen molar-refractivity contribution in [2.45, 2.75) is 31.3 Å². The third-order valence-electron chi connectivity index (χ3n) is 4.59. The number of piperidine rings is 1. The van der Waals surface area contributed by atoms with E-state index in [2.05, 4.69) is 33.9 Å². The minimum absolute atomic E-state index is 0. The topological polar surface area (TPSA) is 52.7 Å². The maximum atomic E-state index is 12.0. The quantitative estimate of drug-likeness (QED) is 0.904. The Morgan fingerprint density at radius 1 is 1.23 bits per heavy atom. The molecular weight excluding hydrogens is 322 g/mol. The van der Waals surface area contributed by atoms with Crippen LogP contribution in [0.3, 0.4) is 0 Å². The Hall–Kier alpha value is -0.660. The van der Waals surface area contributed by atoms with Crippen molar-refractivity contribution in [2.24, 2.45) is 0 Å². The van der Waals surface area contributed by atoms with Crippen molar-refractivity contribution in [1.82, 2.24) is 13.9 Å². The smallest absolute Gasteiger partial charge is 0.279 e. The summed E-state index contributed by atoms with van der Waals surface area (Å²) in [6, 6.07) is 8.91. The SMILES string of the molecule is CN(C)S(=O)(=O)N[C@@H]1CCN2CCc3ccccc3[C@@H]2C1.Cl. The van der Waals surface area contributed by atoms with E-state index in [4.69, 9.17) is 0 Å². The first kappa shape index (κ1) is 17.7. The Morgan fingerprint density at radius 3 is 2.68 bits per heavy atom. The minimum atomic E-state index is -3.35. The molecule has 2 atom stereocenters. The summed E-state index contributed by atoms with van der Waals surface area (Å²) in [5.41, 5.74) is 2.78. The highest BCUT2D eigenvalue weighted by atomic mass is 35.5. The van der Waals surface area contributed by atoms with E-state index in [1.165, 1.54) is 15.4 Å². The van der Waals surface area contributed by atoms with Crippen LogP contribution in [0.4, 0.5) is 0 Å². The molecule has 0 spiro atoms. The lowest BCUT2D eigenvalue weighted by atomic mass is 9.85. The first-order valence-electron chi connectivity index (χ1n) is 7.49. The van der Waals surface area contributed by atoms with E-state index >= 15 is 0 Å². The van der Waals surface area contributed by atoms with Crippen LogP contribution in [-0.2, 0) is 16.6 Å². The maximum Gasteiger partial charge on any atom is 0.279 e. The highest BCUT2D eigenvalue weighted by Crippen LogP contribution is 2.36. The fraction of sp³-hybridized carbons (Fsp3) is 0.600. The first-order chi connectivity index (χ1) is 9.97. The van der Waals surface area contributed by atoms with E-state index in [0.717, 1.165) is 32.4 Å². The van der Waals surface area contributed by atoms with Gasteiger partial charge in [-0.2, -0.15) is 17.4 Å². The fourth-order valence-electron chi connectivity index (χ4n) is 3.38. The van der Waals surface area contributed by atoms with Gasteiger partial charge in [0, 0.05) is 39.3 Å². The van der Waals surface area contributed by atoms with Crippen molar-refractivity contribution < 1.29 is 8.42 Å². The van der Waals surface area contributed by atoms with Crippen molar-refractivity contribution in [1.29, 1.82) is 0 Å². The van der Waals surface area contributed by atoms with Gasteiger partial charge in [-0.3, -0.25) is 4.90 Å². The highest BCUT2D eigenvalue weighted by Gasteiger charge is 2.34. The molecule has 1 saturated heterocycles. The fourth-order valence-corrected chi connectivity index (χ4v) is 4.23. The van der Waals surface area contributed by atoms with Crippen molar-refractivity contribution in [3.05, 3.63) is 35.4 Å². The number of hydrogen-bond donors (Lipinski definition) is 1. The number of hydrogen-bond acceptors (Lipinski definition) is 3. The van der Waals surface area contributed by atoms with Crippen LogP contribution in [0.2, 0.25) is 0 Å². The zero-order valence-electron chi connectivity index (χ0n) is 13.0. The molecule has 0 aliphatic carbocycles. The molecule has 0 amide bonds. The standard InChI is InChI=1S/C15H23N3O2S.ClH/c1-17(2)21(19,20)16-13-8-10-18-9-7-12-5-3-4-6-14(12)15(18)11-13;/h3-6,13,15-16H,7-11H2,1-2H3;1H/t13-,15+;/m1./s1. The molecule has 124 valence electrons. The number of nitrogens with zero attached hydrogens (tertiary/aromatic N) is 2. The van der Waals surface area contributed by atoms with Gasteiger partial charge in [-0.1, -0.05) is 24.3 Å². The molecule has 2 heterocycles. The summed E-state index contributed by atoms with van der Waals surface area (Å²) in [6.45, 7) is 2.04. The van der Waals surface area contributed by atoms with Crippen LogP contribution in [0.25, 0.3) is 0 Å². The van der Waals surface area contributed by atoms with E-state index in [1.807, 2.05) is 0 Å². The normalized spacial score (nSPS) is 25.2. The molecule has 5 nitrogen and oxygen atoms in total. The molecule has 22 heavy (non-hydrogen) atoms. The Balaban J connectivity index is 0.00000176. The molecule has 1 N–H and O–H groups in total. The highest BCUT2D eigenvalue weighted by molar-refractivity contribution is 7.87. The molecule has 0 unspecified atom stereocenters. The predicted octanol–water partition coefficient (Wildman–Crippen LogP) is 1.57. The number of nitrogens with one attached hydrogen (secondary N) is 1. The molecule has 0 radical (unpaired) electrons. The average molecular weight is 346 g/mol. The van der Waals surface area contributed by atoms with Crippen LogP contribution in [0.1, 0.15) is 30.0 Å². The summed E-state index contributed by atoms with van der Waals surface area (Å²) < 4.78 is 28.1. The van der Waals surface area contributed by atoms with Crippen LogP contribution >= 0.6 is 12.4 Å². The molecule has 2 aliphatic heterocycles. The van der Waals surface area contributed by atoms with Gasteiger partial charge in [-0.15, -0.1) is 12.4 Å². The third kappa shape index (κ3) is 3.46. The lowest BCUT2D eigenvalue weighted by Gasteiger charge is -2.43. The predicted molar refractivity (Wildman–Crippen MR) is 90.5 cm³/mol. The van der Waals surface area contributed by atoms with Crippen LogP contribution in [0.15, 0.2) is 24.3 Å². The molecule has 2 aliphatic rings. The van der Waals surface area contributed by atoms with Gasteiger partial charge in [-0.05, 0) is 30.4 Å². The lowest BCUT2D eigenvalue weighted by molar-refractivity contribution is 0.122. The Morgan fingerprint density at radius 2 is 1.95 bits per heavy atom. The van der Waals surface area contributed by atoms with Crippen molar-refractivity contribution in [3.63, 3.8) is 0 Å². The maximum absolute atomic E-state index is 12.0. The minimum Gasteiger partial charge on any atom is -0.296 e. The number of halogens is 1. The molecule has 7 heteroatoms. The summed E-state index contributed by atoms with van der Waals surface area (Å²) in [6.07, 6.45) is 2.83. The number of fused-ring (bicyclic) bond motifs is 3. The largest absolute Gasteiger partial charge is 0.296 e. The lowest BCUT2D eigenvalue weighted by Crippen LogP contribution is -2.50. The van der Waals surface area contributed by atoms with Gasteiger partial charge in [-0.25, -0.2) is 0 Å². The van der Waals surface area contributed by atoms with Crippen LogP contribution in [0.5, 0.6) is 0 Å². The summed E-state index contributed by atoms with van der Waals surface area (Å²) in [5.74, 6) is 0. The zero-order chi connectivity index (χ0) is 15.0. The van der Waals surface area contributed by atoms with E-state index in [1.54, 1.807) is 14.1 Å². The van der Waals surface area contributed by atoms with E-state index < -0.39 is 10.2 Å². The van der Waals surface area contributed by atoms with Crippen LogP contribution in [-0.4, -0.2) is 50.8 Å². The van der Waals surface area contributed by atoms with Crippen LogP contribution in [0, 0.1) is 0 Å². The molecule has 0 bridgehead atoms. The molecule has 1 fully saturated rings. The van der Waals surface area contributed by atoms with E-state index in [9.17, 15) is 8.42 Å². The Labute approximate surface area is 139 Å². The van der Waals surface area contributed by atoms with Gasteiger partial charge in [0.25, 0.3) is 10.2 Å². The second-order valence-electron chi connectivity index (χ2n) is 6.13. The second kappa shape index (κ2) is 6.84. The third-order valence-corrected chi connectivity index (χ3v) is 6.18. The second-order valence-corrected chi connectivity index (χ2v) is 8.04. The molecule has 3 rings (SSSR count). The average Bonchev–Trinajstić information content (AvgIpc) is 2.46. The van der Waals surface area contributed by atoms with Crippen molar-refractivity contribution >= 4 is 22.6 Å². The van der Waals surface area contributed by atoms with Crippen molar-refractivity contribution in [2.75, 3.05) is 27.2 Å². The molecular formula is C15H24ClN3O2S. The van der Waals surface area contributed by atoms with E-state index in [-0.39, 0.29) is 18.4 Å². The monoisotopic (exact) mass is 345 g/mol. The van der Waals surface area contributed by atoms with Gasteiger partial charge in [0.2, 0.25) is 0 Å². The summed E-state index contributed by atoms with van der Waals surface area (Å²) in [7, 11) is -0.222. The van der Waals surface area contributed by atoms with Crippen molar-refractivity contribution in [3.8, 4) is 0 Å². The molecule has 1 aromatic carbocycles. The molecule has 0 saturated carbocycles. The zero-order valence-corrected chi connectivity index (χ0v) is 14.7. The first-order valence-corrected chi connectivity index (χ1v) is 8.93. The van der Waals surface area contributed by atoms with Gasteiger partial charge in [0.05, 0.1) is 0 Å². The van der Waals surface area contributed by atoms with Gasteiger partial charge >= 0.3 is 0 Å². The molecule has 0 aromatic heterocycles. The van der Waals surface area contributed by atoms with Gasteiger partial charge < -0.3 is 0 Å². The van der Waals surface area contributed by atoms with Gasteiger partial charge in [0.1, 0.15) is 0 Å². The Bertz CT molecular complexity index is 621. The molecule has 1 aromatic rings. The summed E-state index contributed by atoms with van der Waals surface area (Å²) in [5, 5.41) is 0. The van der Waals surface area contributed by atoms with Gasteiger partial charge in [0.15, 0.2) is 0 Å². The summed E-state index contributed by atoms with van der Waals surface area (Å²) in [4.78, 5) is 2.49.